The molecule has 1 aliphatic rings. The third kappa shape index (κ3) is 16.3. The lowest BCUT2D eigenvalue weighted by Crippen LogP contribution is -2.10. The molecule has 0 saturated heterocycles. The maximum atomic E-state index is 2.30. The Morgan fingerprint density at radius 2 is 0.523 bits per heavy atom. The van der Waals surface area contributed by atoms with Crippen molar-refractivity contribution in [3.05, 3.63) is 411 Å². The fourth-order valence-corrected chi connectivity index (χ4v) is 11.4. The van der Waals surface area contributed by atoms with Gasteiger partial charge in [-0.1, -0.05) is 382 Å². The van der Waals surface area contributed by atoms with Gasteiger partial charge in [0.05, 0.1) is 0 Å². The molecule has 0 bridgehead atoms. The molecule has 0 heterocycles. The molecule has 0 amide bonds. The first-order valence-corrected chi connectivity index (χ1v) is 30.7. The van der Waals surface area contributed by atoms with E-state index in [1.165, 1.54) is 113 Å². The summed E-state index contributed by atoms with van der Waals surface area (Å²) in [6.07, 6.45) is 3.86. The molecule has 1 unspecified atom stereocenters. The van der Waals surface area contributed by atoms with E-state index in [9.17, 15) is 0 Å². The van der Waals surface area contributed by atoms with Crippen molar-refractivity contribution in [3.8, 4) is 55.6 Å². The van der Waals surface area contributed by atoms with Gasteiger partial charge in [-0.05, 0) is 136 Å². The Morgan fingerprint density at radius 1 is 0.205 bits per heavy atom. The summed E-state index contributed by atoms with van der Waals surface area (Å²) in [5.74, 6) is 0.617. The number of hydrogen-bond acceptors (Lipinski definition) is 0. The van der Waals surface area contributed by atoms with E-state index in [-0.39, 0.29) is 0 Å². The van der Waals surface area contributed by atoms with Crippen molar-refractivity contribution in [1.29, 1.82) is 0 Å². The van der Waals surface area contributed by atoms with E-state index in [2.05, 4.69) is 358 Å². The minimum atomic E-state index is 0.617. The van der Waals surface area contributed by atoms with Crippen LogP contribution in [0.3, 0.4) is 0 Å². The second kappa shape index (κ2) is 31.3. The summed E-state index contributed by atoms with van der Waals surface area (Å²) in [5, 5.41) is 7.79. The normalized spacial score (nSPS) is 11.8. The molecular formula is C88H72. The Kier molecular flexibility index (Phi) is 20.9. The van der Waals surface area contributed by atoms with Gasteiger partial charge in [-0.15, -0.1) is 0 Å². The highest BCUT2D eigenvalue weighted by Gasteiger charge is 2.20. The zero-order valence-electron chi connectivity index (χ0n) is 49.7. The van der Waals surface area contributed by atoms with Gasteiger partial charge in [0.15, 0.2) is 0 Å². The van der Waals surface area contributed by atoms with Crippen LogP contribution in [0.5, 0.6) is 0 Å². The van der Waals surface area contributed by atoms with E-state index < -0.39 is 0 Å². The van der Waals surface area contributed by atoms with E-state index in [0.717, 1.165) is 0 Å². The van der Waals surface area contributed by atoms with Crippen LogP contribution in [-0.2, 0) is 6.42 Å². The lowest BCUT2D eigenvalue weighted by molar-refractivity contribution is 0.616. The largest absolute Gasteiger partial charge is 0.0622 e. The molecule has 1 atom stereocenters. The average Bonchev–Trinajstić information content (AvgIpc) is 3.82. The van der Waals surface area contributed by atoms with Gasteiger partial charge in [-0.2, -0.15) is 0 Å². The van der Waals surface area contributed by atoms with Crippen LogP contribution >= 0.6 is 0 Å². The smallest absolute Gasteiger partial charge is 0.00921 e. The average molecular weight is 1130 g/mol. The van der Waals surface area contributed by atoms with Gasteiger partial charge in [0.1, 0.15) is 0 Å². The monoisotopic (exact) mass is 1130 g/mol. The van der Waals surface area contributed by atoms with Crippen LogP contribution in [0.2, 0.25) is 0 Å². The fourth-order valence-electron chi connectivity index (χ4n) is 11.4. The number of hydrogen-bond donors (Lipinski definition) is 0. The molecule has 0 aromatic heterocycles. The second-order valence-corrected chi connectivity index (χ2v) is 21.8. The topological polar surface area (TPSA) is 0 Å². The second-order valence-electron chi connectivity index (χ2n) is 21.8. The summed E-state index contributed by atoms with van der Waals surface area (Å²) in [6, 6.07) is 138. The standard InChI is InChI=1S/C16H16.3C16H12.2C12H10/c2*1-2-7-13(8-3-1)16-12-6-10-14-9-4-5-11-15(14)16;2*1-2-6-13(7-3-1)16-11-10-14-8-4-5-9-15(14)12-16;2*1-3-7-11(8-4-1)12-9-5-2-6-10-12/h1-5,7-9,11,16H,6,10,12H2;3*1-12H;2*1-10H. The third-order valence-corrected chi connectivity index (χ3v) is 15.9. The molecule has 1 aliphatic carbocycles. The summed E-state index contributed by atoms with van der Waals surface area (Å²) in [6.45, 7) is 0. The van der Waals surface area contributed by atoms with Crippen LogP contribution in [0, 0.1) is 0 Å². The van der Waals surface area contributed by atoms with Crippen LogP contribution in [-0.4, -0.2) is 0 Å². The first-order valence-electron chi connectivity index (χ1n) is 30.7. The van der Waals surface area contributed by atoms with Gasteiger partial charge in [-0.25, -0.2) is 0 Å². The Bertz CT molecular complexity index is 4190. The molecule has 0 N–H and O–H groups in total. The van der Waals surface area contributed by atoms with E-state index >= 15 is 0 Å². The van der Waals surface area contributed by atoms with Crippen LogP contribution in [0.1, 0.15) is 35.4 Å². The Balaban J connectivity index is 0.000000110. The first-order chi connectivity index (χ1) is 43.7. The number of aryl methyl sites for hydroxylation is 1. The van der Waals surface area contributed by atoms with Crippen molar-refractivity contribution in [2.24, 2.45) is 0 Å². The summed E-state index contributed by atoms with van der Waals surface area (Å²) in [5.41, 5.74) is 17.3. The van der Waals surface area contributed by atoms with Crippen molar-refractivity contribution in [2.75, 3.05) is 0 Å². The molecule has 424 valence electrons. The van der Waals surface area contributed by atoms with E-state index in [1.807, 2.05) is 36.4 Å². The molecule has 0 aliphatic heterocycles. The van der Waals surface area contributed by atoms with Crippen molar-refractivity contribution in [1.82, 2.24) is 0 Å². The van der Waals surface area contributed by atoms with Gasteiger partial charge in [0.25, 0.3) is 0 Å². The zero-order chi connectivity index (χ0) is 59.6. The highest BCUT2D eigenvalue weighted by molar-refractivity contribution is 5.96. The Morgan fingerprint density at radius 3 is 0.955 bits per heavy atom. The minimum Gasteiger partial charge on any atom is -0.0622 e. The lowest BCUT2D eigenvalue weighted by atomic mass is 9.79. The highest BCUT2D eigenvalue weighted by Crippen LogP contribution is 2.36. The highest BCUT2D eigenvalue weighted by atomic mass is 14.2. The van der Waals surface area contributed by atoms with Gasteiger partial charge in [0, 0.05) is 5.92 Å². The summed E-state index contributed by atoms with van der Waals surface area (Å²) >= 11 is 0. The first kappa shape index (κ1) is 58.8. The summed E-state index contributed by atoms with van der Waals surface area (Å²) in [4.78, 5) is 0. The molecule has 0 heteroatoms. The molecule has 0 fully saturated rings. The van der Waals surface area contributed by atoms with Crippen LogP contribution in [0.15, 0.2) is 394 Å². The van der Waals surface area contributed by atoms with Crippen molar-refractivity contribution >= 4 is 32.3 Å². The molecule has 0 radical (unpaired) electrons. The Hall–Kier alpha value is -10.9. The summed E-state index contributed by atoms with van der Waals surface area (Å²) < 4.78 is 0. The van der Waals surface area contributed by atoms with Gasteiger partial charge in [-0.3, -0.25) is 0 Å². The SMILES string of the molecule is c1ccc(-c2ccc3ccccc3c2)cc1.c1ccc(-c2ccc3ccccc3c2)cc1.c1ccc(-c2cccc3ccccc23)cc1.c1ccc(-c2ccccc2)cc1.c1ccc(-c2ccccc2)cc1.c1ccc(C2CCCc3ccccc32)cc1. The molecule has 15 aromatic carbocycles. The Labute approximate surface area is 521 Å². The molecule has 0 saturated carbocycles. The zero-order valence-corrected chi connectivity index (χ0v) is 49.7. The number of rotatable bonds is 6. The molecule has 0 nitrogen and oxygen atoms in total. The van der Waals surface area contributed by atoms with Crippen LogP contribution in [0.4, 0.5) is 0 Å². The van der Waals surface area contributed by atoms with Gasteiger partial charge in [0.2, 0.25) is 0 Å². The molecule has 16 rings (SSSR count). The fraction of sp³-hybridized carbons (Fsp3) is 0.0455. The van der Waals surface area contributed by atoms with E-state index in [1.54, 1.807) is 11.1 Å². The quantitative estimate of drug-likeness (QED) is 0.156. The van der Waals surface area contributed by atoms with E-state index in [4.69, 9.17) is 0 Å². The molecule has 88 heavy (non-hydrogen) atoms. The van der Waals surface area contributed by atoms with Gasteiger partial charge < -0.3 is 0 Å². The summed E-state index contributed by atoms with van der Waals surface area (Å²) in [7, 11) is 0. The van der Waals surface area contributed by atoms with Crippen molar-refractivity contribution in [2.45, 2.75) is 25.2 Å². The number of fused-ring (bicyclic) bond motifs is 4. The number of benzene rings is 15. The predicted octanol–water partition coefficient (Wildman–Crippen LogP) is 24.4. The maximum absolute atomic E-state index is 2.30. The molecule has 0 spiro atoms. The van der Waals surface area contributed by atoms with Gasteiger partial charge >= 0.3 is 0 Å². The predicted molar refractivity (Wildman–Crippen MR) is 380 cm³/mol. The van der Waals surface area contributed by atoms with E-state index in [0.29, 0.717) is 5.92 Å². The van der Waals surface area contributed by atoms with Crippen LogP contribution < -0.4 is 0 Å². The molecular weight excluding hydrogens is 1060 g/mol. The van der Waals surface area contributed by atoms with Crippen LogP contribution in [0.25, 0.3) is 88.0 Å². The van der Waals surface area contributed by atoms with Crippen molar-refractivity contribution in [3.63, 3.8) is 0 Å². The third-order valence-electron chi connectivity index (χ3n) is 15.9. The maximum Gasteiger partial charge on any atom is 0.00921 e. The lowest BCUT2D eigenvalue weighted by Gasteiger charge is -2.25. The molecule has 15 aromatic rings. The van der Waals surface area contributed by atoms with Crippen molar-refractivity contribution < 1.29 is 0 Å². The minimum absolute atomic E-state index is 0.617.